The van der Waals surface area contributed by atoms with Crippen molar-refractivity contribution in [1.29, 1.82) is 0 Å². The lowest BCUT2D eigenvalue weighted by atomic mass is 10.1. The molecule has 0 spiro atoms. The Kier molecular flexibility index (Phi) is 48.1. The SMILES string of the molecule is CC/C=C\C/C=C\C/C=C\C/C=C\C/C=C\C/C=C\C/C=C\CCCC(=O)OCC(COC(=O)CCCCCCCCCCCC)OC(=O)CCCCC/C=C\C/C=C\C/C=C\CC. The highest BCUT2D eigenvalue weighted by atomic mass is 16.6. The molecule has 64 heavy (non-hydrogen) atoms. The third-order valence-electron chi connectivity index (χ3n) is 10.2. The standard InChI is InChI=1S/C58H92O6/c1-4-7-10-13-16-19-22-24-25-26-27-28-29-30-31-32-33-35-36-39-42-45-48-51-57(60)63-54-55(53-62-56(59)50-47-44-41-38-21-18-15-12-9-6-3)64-58(61)52-49-46-43-40-37-34-23-20-17-14-11-8-5-2/h7-8,10-11,16-17,19-20,24-25,27-28,30-31,33-35,37,39,42,55H,4-6,9,12-15,18,21-23,26,29,32,36,38,40-41,43-54H2,1-3H3/b10-7-,11-8-,19-16-,20-17-,25-24-,28-27-,31-30-,35-33-,37-34-,42-39-. The summed E-state index contributed by atoms with van der Waals surface area (Å²) in [6.45, 7) is 6.30. The highest BCUT2D eigenvalue weighted by Gasteiger charge is 2.19. The van der Waals surface area contributed by atoms with Crippen molar-refractivity contribution in [1.82, 2.24) is 0 Å². The number of esters is 3. The maximum absolute atomic E-state index is 12.7. The first-order valence-corrected chi connectivity index (χ1v) is 25.5. The van der Waals surface area contributed by atoms with E-state index >= 15 is 0 Å². The van der Waals surface area contributed by atoms with Crippen molar-refractivity contribution in [2.45, 2.75) is 213 Å². The van der Waals surface area contributed by atoms with E-state index < -0.39 is 6.10 Å². The van der Waals surface area contributed by atoms with Crippen LogP contribution in [0.15, 0.2) is 122 Å². The van der Waals surface area contributed by atoms with Crippen LogP contribution < -0.4 is 0 Å². The second-order valence-electron chi connectivity index (χ2n) is 16.3. The van der Waals surface area contributed by atoms with Gasteiger partial charge in [-0.2, -0.15) is 0 Å². The molecule has 0 heterocycles. The number of carbonyl (C=O) groups excluding carboxylic acids is 3. The van der Waals surface area contributed by atoms with Gasteiger partial charge in [-0.05, 0) is 103 Å². The Morgan fingerprint density at radius 3 is 1.02 bits per heavy atom. The van der Waals surface area contributed by atoms with Crippen molar-refractivity contribution in [3.8, 4) is 0 Å². The molecule has 0 fully saturated rings. The van der Waals surface area contributed by atoms with Crippen LogP contribution in [0.4, 0.5) is 0 Å². The molecule has 0 bridgehead atoms. The van der Waals surface area contributed by atoms with Crippen LogP contribution in [0.25, 0.3) is 0 Å². The van der Waals surface area contributed by atoms with Gasteiger partial charge in [0.05, 0.1) is 0 Å². The minimum Gasteiger partial charge on any atom is -0.462 e. The third kappa shape index (κ3) is 48.8. The minimum atomic E-state index is -0.817. The van der Waals surface area contributed by atoms with Gasteiger partial charge in [0, 0.05) is 19.3 Å². The first-order valence-electron chi connectivity index (χ1n) is 25.5. The average molecular weight is 885 g/mol. The summed E-state index contributed by atoms with van der Waals surface area (Å²) in [5.41, 5.74) is 0. The monoisotopic (exact) mass is 885 g/mol. The van der Waals surface area contributed by atoms with E-state index in [9.17, 15) is 14.4 Å². The number of hydrogen-bond donors (Lipinski definition) is 0. The first-order chi connectivity index (χ1) is 31.5. The van der Waals surface area contributed by atoms with Crippen LogP contribution in [-0.2, 0) is 28.6 Å². The Bertz CT molecular complexity index is 1390. The molecule has 0 saturated heterocycles. The number of hydrogen-bond acceptors (Lipinski definition) is 6. The molecule has 1 unspecified atom stereocenters. The third-order valence-corrected chi connectivity index (χ3v) is 10.2. The Morgan fingerprint density at radius 1 is 0.328 bits per heavy atom. The summed E-state index contributed by atoms with van der Waals surface area (Å²) in [5, 5.41) is 0. The number of ether oxygens (including phenoxy) is 3. The van der Waals surface area contributed by atoms with Gasteiger partial charge >= 0.3 is 17.9 Å². The van der Waals surface area contributed by atoms with E-state index in [1.807, 2.05) is 0 Å². The van der Waals surface area contributed by atoms with E-state index in [4.69, 9.17) is 14.2 Å². The lowest BCUT2D eigenvalue weighted by Crippen LogP contribution is -2.30. The van der Waals surface area contributed by atoms with Crippen molar-refractivity contribution in [3.63, 3.8) is 0 Å². The van der Waals surface area contributed by atoms with Gasteiger partial charge in [0.15, 0.2) is 6.10 Å². The molecule has 0 rings (SSSR count). The molecule has 0 aliphatic carbocycles. The van der Waals surface area contributed by atoms with Gasteiger partial charge < -0.3 is 14.2 Å². The Balaban J connectivity index is 4.47. The second-order valence-corrected chi connectivity index (χ2v) is 16.3. The van der Waals surface area contributed by atoms with Crippen molar-refractivity contribution < 1.29 is 28.6 Å². The fourth-order valence-corrected chi connectivity index (χ4v) is 6.44. The van der Waals surface area contributed by atoms with Crippen LogP contribution in [0.1, 0.15) is 207 Å². The lowest BCUT2D eigenvalue weighted by molar-refractivity contribution is -0.167. The average Bonchev–Trinajstić information content (AvgIpc) is 3.29. The van der Waals surface area contributed by atoms with Crippen LogP contribution in [0.2, 0.25) is 0 Å². The molecular weight excluding hydrogens is 793 g/mol. The van der Waals surface area contributed by atoms with Crippen LogP contribution in [0.5, 0.6) is 0 Å². The molecule has 360 valence electrons. The van der Waals surface area contributed by atoms with Crippen molar-refractivity contribution in [2.75, 3.05) is 13.2 Å². The largest absolute Gasteiger partial charge is 0.462 e. The molecule has 0 amide bonds. The maximum atomic E-state index is 12.7. The highest BCUT2D eigenvalue weighted by molar-refractivity contribution is 5.71. The van der Waals surface area contributed by atoms with E-state index in [1.165, 1.54) is 44.9 Å². The fraction of sp³-hybridized carbons (Fsp3) is 0.603. The van der Waals surface area contributed by atoms with Gasteiger partial charge in [-0.25, -0.2) is 0 Å². The van der Waals surface area contributed by atoms with Gasteiger partial charge in [0.25, 0.3) is 0 Å². The second kappa shape index (κ2) is 51.4. The van der Waals surface area contributed by atoms with E-state index in [2.05, 4.69) is 142 Å². The summed E-state index contributed by atoms with van der Waals surface area (Å²) in [6.07, 6.45) is 70.5. The Labute approximate surface area is 392 Å². The molecule has 0 aromatic carbocycles. The Morgan fingerprint density at radius 2 is 0.625 bits per heavy atom. The molecule has 0 aromatic rings. The fourth-order valence-electron chi connectivity index (χ4n) is 6.44. The van der Waals surface area contributed by atoms with Crippen molar-refractivity contribution in [3.05, 3.63) is 122 Å². The van der Waals surface area contributed by atoms with Gasteiger partial charge in [0.2, 0.25) is 0 Å². The number of unbranched alkanes of at least 4 members (excludes halogenated alkanes) is 13. The molecule has 6 heteroatoms. The summed E-state index contributed by atoms with van der Waals surface area (Å²) in [7, 11) is 0. The first kappa shape index (κ1) is 59.8. The predicted octanol–water partition coefficient (Wildman–Crippen LogP) is 16.9. The number of carbonyl (C=O) groups is 3. The number of allylic oxidation sites excluding steroid dienone is 20. The number of rotatable bonds is 44. The topological polar surface area (TPSA) is 78.9 Å². The molecule has 0 aliphatic heterocycles. The molecule has 0 N–H and O–H groups in total. The molecule has 0 saturated carbocycles. The normalized spacial score (nSPS) is 13.1. The molecule has 0 aliphatic rings. The summed E-state index contributed by atoms with van der Waals surface area (Å²) < 4.78 is 16.7. The zero-order chi connectivity index (χ0) is 46.5. The molecule has 0 radical (unpaired) electrons. The van der Waals surface area contributed by atoms with Crippen molar-refractivity contribution in [2.24, 2.45) is 0 Å². The molecule has 6 nitrogen and oxygen atoms in total. The van der Waals surface area contributed by atoms with Gasteiger partial charge in [-0.15, -0.1) is 0 Å². The predicted molar refractivity (Wildman–Crippen MR) is 274 cm³/mol. The van der Waals surface area contributed by atoms with Crippen LogP contribution in [-0.4, -0.2) is 37.2 Å². The summed E-state index contributed by atoms with van der Waals surface area (Å²) in [6, 6.07) is 0. The quantitative estimate of drug-likeness (QED) is 0.0262. The van der Waals surface area contributed by atoms with Crippen LogP contribution in [0.3, 0.4) is 0 Å². The lowest BCUT2D eigenvalue weighted by Gasteiger charge is -2.18. The minimum absolute atomic E-state index is 0.110. The van der Waals surface area contributed by atoms with Crippen LogP contribution >= 0.6 is 0 Å². The van der Waals surface area contributed by atoms with E-state index in [0.29, 0.717) is 12.8 Å². The molecule has 1 atom stereocenters. The maximum Gasteiger partial charge on any atom is 0.306 e. The zero-order valence-electron chi connectivity index (χ0n) is 41.0. The van der Waals surface area contributed by atoms with Crippen molar-refractivity contribution >= 4 is 17.9 Å². The molecule has 0 aromatic heterocycles. The summed E-state index contributed by atoms with van der Waals surface area (Å²) in [4.78, 5) is 37.9. The van der Waals surface area contributed by atoms with E-state index in [0.717, 1.165) is 116 Å². The Hall–Kier alpha value is -4.19. The smallest absolute Gasteiger partial charge is 0.306 e. The molecular formula is C58H92O6. The highest BCUT2D eigenvalue weighted by Crippen LogP contribution is 2.13. The van der Waals surface area contributed by atoms with Gasteiger partial charge in [-0.3, -0.25) is 14.4 Å². The van der Waals surface area contributed by atoms with E-state index in [1.54, 1.807) is 0 Å². The summed E-state index contributed by atoms with van der Waals surface area (Å²) >= 11 is 0. The van der Waals surface area contributed by atoms with Gasteiger partial charge in [-0.1, -0.05) is 206 Å². The zero-order valence-corrected chi connectivity index (χ0v) is 41.0. The summed E-state index contributed by atoms with van der Waals surface area (Å²) in [5.74, 6) is -1.01. The van der Waals surface area contributed by atoms with E-state index in [-0.39, 0.29) is 44.0 Å². The van der Waals surface area contributed by atoms with Gasteiger partial charge in [0.1, 0.15) is 13.2 Å². The van der Waals surface area contributed by atoms with Crippen LogP contribution in [0, 0.1) is 0 Å².